The summed E-state index contributed by atoms with van der Waals surface area (Å²) in [7, 11) is 0. The smallest absolute Gasteiger partial charge is 0.295 e. The third-order valence-corrected chi connectivity index (χ3v) is 0.857. The Morgan fingerprint density at radius 3 is 2.78 bits per heavy atom. The fourth-order valence-corrected chi connectivity index (χ4v) is 0.438. The summed E-state index contributed by atoms with van der Waals surface area (Å²) >= 11 is 0. The molecular formula is C5H5N2O2. The van der Waals surface area contributed by atoms with E-state index in [1.54, 1.807) is 0 Å². The van der Waals surface area contributed by atoms with Gasteiger partial charge in [0.15, 0.2) is 0 Å². The van der Waals surface area contributed by atoms with Crippen molar-refractivity contribution in [2.45, 2.75) is 13.3 Å². The van der Waals surface area contributed by atoms with Gasteiger partial charge >= 0.3 is 0 Å². The summed E-state index contributed by atoms with van der Waals surface area (Å²) in [5, 5.41) is 6.89. The van der Waals surface area contributed by atoms with Crippen molar-refractivity contribution in [3.8, 4) is 0 Å². The van der Waals surface area contributed by atoms with E-state index in [4.69, 9.17) is 4.42 Å². The van der Waals surface area contributed by atoms with Gasteiger partial charge in [-0.15, -0.1) is 10.2 Å². The second-order valence-corrected chi connectivity index (χ2v) is 1.46. The number of nitrogens with zero attached hydrogens (tertiary/aromatic N) is 2. The molecule has 0 N–H and O–H groups in total. The molecule has 1 radical (unpaired) electrons. The van der Waals surface area contributed by atoms with Gasteiger partial charge in [0.25, 0.3) is 12.2 Å². The second kappa shape index (κ2) is 2.39. The van der Waals surface area contributed by atoms with Gasteiger partial charge in [0.1, 0.15) is 0 Å². The van der Waals surface area contributed by atoms with Crippen LogP contribution in [0.3, 0.4) is 0 Å². The highest BCUT2D eigenvalue weighted by molar-refractivity contribution is 5.67. The van der Waals surface area contributed by atoms with Crippen LogP contribution in [-0.4, -0.2) is 16.5 Å². The molecule has 1 heterocycles. The third kappa shape index (κ3) is 1.13. The lowest BCUT2D eigenvalue weighted by Crippen LogP contribution is -1.77. The molecule has 47 valence electrons. The lowest BCUT2D eigenvalue weighted by molar-refractivity contribution is 0.476. The Hall–Kier alpha value is -1.19. The molecule has 0 bridgehead atoms. The molecule has 0 saturated carbocycles. The number of rotatable bonds is 2. The topological polar surface area (TPSA) is 56.0 Å². The van der Waals surface area contributed by atoms with E-state index in [1.165, 1.54) is 6.29 Å². The summed E-state index contributed by atoms with van der Waals surface area (Å²) in [4.78, 5) is 9.81. The van der Waals surface area contributed by atoms with Gasteiger partial charge in [0, 0.05) is 6.42 Å². The molecule has 1 aromatic rings. The molecule has 0 unspecified atom stereocenters. The van der Waals surface area contributed by atoms with Crippen LogP contribution in [0.25, 0.3) is 0 Å². The molecule has 4 nitrogen and oxygen atoms in total. The summed E-state index contributed by atoms with van der Waals surface area (Å²) in [6.07, 6.45) is 2.14. The van der Waals surface area contributed by atoms with Crippen molar-refractivity contribution in [1.82, 2.24) is 10.2 Å². The molecule has 0 aromatic carbocycles. The van der Waals surface area contributed by atoms with Crippen molar-refractivity contribution >= 4 is 6.29 Å². The maximum Gasteiger partial charge on any atom is 0.295 e. The molecule has 4 heteroatoms. The first-order valence-electron chi connectivity index (χ1n) is 2.57. The molecule has 0 saturated heterocycles. The molecule has 1 rings (SSSR count). The molecule has 0 atom stereocenters. The molecule has 0 fully saturated rings. The minimum atomic E-state index is -0.0770. The van der Waals surface area contributed by atoms with Crippen molar-refractivity contribution in [3.63, 3.8) is 0 Å². The fraction of sp³-hybridized carbons (Fsp3) is 0.400. The highest BCUT2D eigenvalue weighted by atomic mass is 16.4. The zero-order chi connectivity index (χ0) is 6.69. The van der Waals surface area contributed by atoms with Crippen LogP contribution in [0.15, 0.2) is 4.42 Å². The number of aromatic nitrogens is 2. The fourth-order valence-electron chi connectivity index (χ4n) is 0.438. The van der Waals surface area contributed by atoms with Gasteiger partial charge in [-0.25, -0.2) is 0 Å². The normalized spacial score (nSPS) is 9.44. The van der Waals surface area contributed by atoms with Crippen LogP contribution < -0.4 is 0 Å². The van der Waals surface area contributed by atoms with E-state index in [2.05, 4.69) is 10.2 Å². The van der Waals surface area contributed by atoms with E-state index in [0.29, 0.717) is 12.3 Å². The van der Waals surface area contributed by atoms with E-state index < -0.39 is 0 Å². The minimum absolute atomic E-state index is 0.0770. The first kappa shape index (κ1) is 5.94. The Kier molecular flexibility index (Phi) is 1.58. The number of aryl methyl sites for hydroxylation is 1. The number of carbonyl (C=O) groups excluding carboxylic acids is 1. The first-order valence-corrected chi connectivity index (χ1v) is 2.57. The van der Waals surface area contributed by atoms with Crippen LogP contribution in [0, 0.1) is 0 Å². The predicted molar refractivity (Wildman–Crippen MR) is 28.5 cm³/mol. The van der Waals surface area contributed by atoms with Crippen LogP contribution in [-0.2, 0) is 11.2 Å². The van der Waals surface area contributed by atoms with Crippen LogP contribution in [0.4, 0.5) is 0 Å². The van der Waals surface area contributed by atoms with Gasteiger partial charge in [-0.05, 0) is 0 Å². The van der Waals surface area contributed by atoms with Gasteiger partial charge in [0.05, 0.1) is 0 Å². The molecular weight excluding hydrogens is 120 g/mol. The van der Waals surface area contributed by atoms with Crippen LogP contribution in [0.1, 0.15) is 18.7 Å². The minimum Gasteiger partial charge on any atom is -0.418 e. The standard InChI is InChI=1S/C5H5N2O2/c1-2-4-6-7-5(3-8)9-4/h2H2,1H3. The van der Waals surface area contributed by atoms with E-state index in [1.807, 2.05) is 6.92 Å². The van der Waals surface area contributed by atoms with Crippen molar-refractivity contribution in [3.05, 3.63) is 11.8 Å². The van der Waals surface area contributed by atoms with Crippen LogP contribution in [0.2, 0.25) is 0 Å². The largest absolute Gasteiger partial charge is 0.418 e. The van der Waals surface area contributed by atoms with Crippen molar-refractivity contribution in [2.75, 3.05) is 0 Å². The number of hydrogen-bond acceptors (Lipinski definition) is 4. The Morgan fingerprint density at radius 1 is 1.67 bits per heavy atom. The molecule has 0 aliphatic rings. The summed E-state index contributed by atoms with van der Waals surface area (Å²) in [6, 6.07) is 0. The van der Waals surface area contributed by atoms with Gasteiger partial charge in [-0.2, -0.15) is 0 Å². The van der Waals surface area contributed by atoms with Crippen LogP contribution in [0.5, 0.6) is 0 Å². The van der Waals surface area contributed by atoms with E-state index in [0.717, 1.165) is 0 Å². The quantitative estimate of drug-likeness (QED) is 0.562. The maximum absolute atomic E-state index is 9.81. The number of hydrogen-bond donors (Lipinski definition) is 0. The molecule has 0 spiro atoms. The predicted octanol–water partition coefficient (Wildman–Crippen LogP) is 0.0898. The summed E-state index contributed by atoms with van der Waals surface area (Å²) < 4.78 is 4.74. The van der Waals surface area contributed by atoms with E-state index in [9.17, 15) is 4.79 Å². The van der Waals surface area contributed by atoms with Crippen molar-refractivity contribution < 1.29 is 9.21 Å². The Labute approximate surface area is 51.9 Å². The maximum atomic E-state index is 9.81. The molecule has 9 heavy (non-hydrogen) atoms. The first-order chi connectivity index (χ1) is 4.36. The van der Waals surface area contributed by atoms with Crippen LogP contribution >= 0.6 is 0 Å². The average molecular weight is 125 g/mol. The average Bonchev–Trinajstić information content (AvgIpc) is 2.34. The van der Waals surface area contributed by atoms with Gasteiger partial charge in [0.2, 0.25) is 5.89 Å². The van der Waals surface area contributed by atoms with Gasteiger partial charge in [-0.1, -0.05) is 6.92 Å². The Morgan fingerprint density at radius 2 is 2.44 bits per heavy atom. The SMILES string of the molecule is CCc1nnc([C]=O)o1. The molecule has 1 aromatic heterocycles. The van der Waals surface area contributed by atoms with E-state index in [-0.39, 0.29) is 5.89 Å². The zero-order valence-electron chi connectivity index (χ0n) is 4.92. The molecule has 0 amide bonds. The monoisotopic (exact) mass is 125 g/mol. The molecule has 0 aliphatic heterocycles. The lowest BCUT2D eigenvalue weighted by atomic mass is 10.5. The van der Waals surface area contributed by atoms with Gasteiger partial charge < -0.3 is 4.42 Å². The summed E-state index contributed by atoms with van der Waals surface area (Å²) in [5.41, 5.74) is 0. The third-order valence-electron chi connectivity index (χ3n) is 0.857. The van der Waals surface area contributed by atoms with Gasteiger partial charge in [-0.3, -0.25) is 4.79 Å². The molecule has 0 aliphatic carbocycles. The van der Waals surface area contributed by atoms with E-state index >= 15 is 0 Å². The summed E-state index contributed by atoms with van der Waals surface area (Å²) in [5.74, 6) is 0.389. The zero-order valence-corrected chi connectivity index (χ0v) is 4.92. The second-order valence-electron chi connectivity index (χ2n) is 1.46. The summed E-state index contributed by atoms with van der Waals surface area (Å²) in [6.45, 7) is 1.86. The highest BCUT2D eigenvalue weighted by Crippen LogP contribution is 1.95. The van der Waals surface area contributed by atoms with Crippen molar-refractivity contribution in [2.24, 2.45) is 0 Å². The van der Waals surface area contributed by atoms with Crippen molar-refractivity contribution in [1.29, 1.82) is 0 Å². The Bertz CT molecular complexity index is 206. The lowest BCUT2D eigenvalue weighted by Gasteiger charge is -1.76. The highest BCUT2D eigenvalue weighted by Gasteiger charge is 2.00. The Balaban J connectivity index is 2.86.